The summed E-state index contributed by atoms with van der Waals surface area (Å²) in [5.41, 5.74) is 3.36. The summed E-state index contributed by atoms with van der Waals surface area (Å²) in [5, 5.41) is 11.6. The Labute approximate surface area is 172 Å². The molecule has 0 bridgehead atoms. The van der Waals surface area contributed by atoms with Crippen LogP contribution < -0.4 is 5.32 Å². The summed E-state index contributed by atoms with van der Waals surface area (Å²) in [6.07, 6.45) is 1.35. The van der Waals surface area contributed by atoms with E-state index in [4.69, 9.17) is 5.26 Å². The van der Waals surface area contributed by atoms with Gasteiger partial charge in [0.15, 0.2) is 0 Å². The Morgan fingerprint density at radius 3 is 2.41 bits per heavy atom. The minimum atomic E-state index is -3.40. The summed E-state index contributed by atoms with van der Waals surface area (Å²) in [7, 11) is -3.40. The molecule has 1 fully saturated rings. The van der Waals surface area contributed by atoms with Crippen LogP contribution in [0.15, 0.2) is 48.5 Å². The summed E-state index contributed by atoms with van der Waals surface area (Å²) < 4.78 is 27.0. The predicted molar refractivity (Wildman–Crippen MR) is 112 cm³/mol. The Hall–Kier alpha value is -2.69. The number of benzene rings is 2. The highest BCUT2D eigenvalue weighted by Crippen LogP contribution is 2.24. The Kier molecular flexibility index (Phi) is 6.68. The number of amides is 1. The summed E-state index contributed by atoms with van der Waals surface area (Å²) >= 11 is 0. The zero-order valence-corrected chi connectivity index (χ0v) is 17.3. The van der Waals surface area contributed by atoms with Crippen LogP contribution in [0.5, 0.6) is 0 Å². The van der Waals surface area contributed by atoms with E-state index in [1.807, 2.05) is 43.3 Å². The number of anilines is 1. The molecule has 29 heavy (non-hydrogen) atoms. The van der Waals surface area contributed by atoms with Crippen LogP contribution in [-0.2, 0) is 27.0 Å². The topological polar surface area (TPSA) is 90.3 Å². The van der Waals surface area contributed by atoms with Crippen LogP contribution in [0, 0.1) is 24.2 Å². The van der Waals surface area contributed by atoms with E-state index in [9.17, 15) is 13.2 Å². The number of nitrogens with one attached hydrogen (secondary N) is 1. The lowest BCUT2D eigenvalue weighted by molar-refractivity contribution is -0.120. The molecular weight excluding hydrogens is 386 g/mol. The van der Waals surface area contributed by atoms with Gasteiger partial charge >= 0.3 is 0 Å². The molecule has 3 rings (SSSR count). The second-order valence-corrected chi connectivity index (χ2v) is 9.35. The van der Waals surface area contributed by atoms with Gasteiger partial charge in [-0.05, 0) is 48.6 Å². The molecule has 0 aromatic heterocycles. The highest BCUT2D eigenvalue weighted by molar-refractivity contribution is 7.88. The largest absolute Gasteiger partial charge is 0.326 e. The SMILES string of the molecule is Cc1ccccc1CS(=O)(=O)N1CCC(C(=O)Nc2ccc(CC#N)cc2)CC1. The summed E-state index contributed by atoms with van der Waals surface area (Å²) in [6.45, 7) is 2.62. The van der Waals surface area contributed by atoms with Crippen molar-refractivity contribution in [2.24, 2.45) is 5.92 Å². The molecule has 0 spiro atoms. The molecule has 1 aliphatic rings. The molecule has 1 amide bonds. The standard InChI is InChI=1S/C22H25N3O3S/c1-17-4-2-3-5-20(17)16-29(27,28)25-14-11-19(12-15-25)22(26)24-21-8-6-18(7-9-21)10-13-23/h2-9,19H,10-12,14-16H2,1H3,(H,24,26). The fourth-order valence-electron chi connectivity index (χ4n) is 3.50. The normalized spacial score (nSPS) is 15.6. The minimum Gasteiger partial charge on any atom is -0.326 e. The highest BCUT2D eigenvalue weighted by atomic mass is 32.2. The second kappa shape index (κ2) is 9.21. The maximum absolute atomic E-state index is 12.8. The Bertz CT molecular complexity index is 1000. The second-order valence-electron chi connectivity index (χ2n) is 7.38. The number of carbonyl (C=O) groups is 1. The van der Waals surface area contributed by atoms with Gasteiger partial charge in [-0.3, -0.25) is 4.79 Å². The van der Waals surface area contributed by atoms with E-state index in [1.165, 1.54) is 4.31 Å². The number of sulfonamides is 1. The van der Waals surface area contributed by atoms with Crippen molar-refractivity contribution in [2.45, 2.75) is 31.9 Å². The van der Waals surface area contributed by atoms with Gasteiger partial charge in [-0.1, -0.05) is 36.4 Å². The molecule has 1 aliphatic heterocycles. The Balaban J connectivity index is 1.54. The lowest BCUT2D eigenvalue weighted by Crippen LogP contribution is -2.41. The van der Waals surface area contributed by atoms with Gasteiger partial charge in [0.25, 0.3) is 0 Å². The van der Waals surface area contributed by atoms with E-state index in [0.717, 1.165) is 16.7 Å². The van der Waals surface area contributed by atoms with Crippen LogP contribution in [-0.4, -0.2) is 31.7 Å². The monoisotopic (exact) mass is 411 g/mol. The first-order valence-corrected chi connectivity index (χ1v) is 11.3. The number of aryl methyl sites for hydroxylation is 1. The molecule has 152 valence electrons. The van der Waals surface area contributed by atoms with Gasteiger partial charge < -0.3 is 5.32 Å². The zero-order valence-electron chi connectivity index (χ0n) is 16.5. The number of nitrogens with zero attached hydrogens (tertiary/aromatic N) is 2. The smallest absolute Gasteiger partial charge is 0.227 e. The van der Waals surface area contributed by atoms with Crippen LogP contribution in [0.3, 0.4) is 0 Å². The molecule has 7 heteroatoms. The van der Waals surface area contributed by atoms with E-state index < -0.39 is 10.0 Å². The number of carbonyl (C=O) groups excluding carboxylic acids is 1. The van der Waals surface area contributed by atoms with Crippen molar-refractivity contribution >= 4 is 21.6 Å². The van der Waals surface area contributed by atoms with Crippen molar-refractivity contribution in [3.8, 4) is 6.07 Å². The van der Waals surface area contributed by atoms with E-state index in [0.29, 0.717) is 38.0 Å². The molecule has 6 nitrogen and oxygen atoms in total. The van der Waals surface area contributed by atoms with Crippen LogP contribution >= 0.6 is 0 Å². The van der Waals surface area contributed by atoms with Crippen molar-refractivity contribution < 1.29 is 13.2 Å². The molecule has 1 saturated heterocycles. The van der Waals surface area contributed by atoms with Crippen LogP contribution in [0.4, 0.5) is 5.69 Å². The lowest BCUT2D eigenvalue weighted by Gasteiger charge is -2.30. The average Bonchev–Trinajstić information content (AvgIpc) is 2.71. The summed E-state index contributed by atoms with van der Waals surface area (Å²) in [4.78, 5) is 12.5. The molecule has 1 heterocycles. The number of nitriles is 1. The maximum atomic E-state index is 12.8. The van der Waals surface area contributed by atoms with E-state index >= 15 is 0 Å². The van der Waals surface area contributed by atoms with E-state index in [-0.39, 0.29) is 17.6 Å². The van der Waals surface area contributed by atoms with Gasteiger partial charge in [-0.15, -0.1) is 0 Å². The van der Waals surface area contributed by atoms with Crippen LogP contribution in [0.2, 0.25) is 0 Å². The average molecular weight is 412 g/mol. The number of hydrogen-bond donors (Lipinski definition) is 1. The number of rotatable bonds is 6. The number of piperidine rings is 1. The van der Waals surface area contributed by atoms with Crippen molar-refractivity contribution in [3.63, 3.8) is 0 Å². The van der Waals surface area contributed by atoms with E-state index in [1.54, 1.807) is 12.1 Å². The predicted octanol–water partition coefficient (Wildman–Crippen LogP) is 3.24. The molecule has 0 atom stereocenters. The van der Waals surface area contributed by atoms with Gasteiger partial charge in [-0.25, -0.2) is 12.7 Å². The number of hydrogen-bond acceptors (Lipinski definition) is 4. The molecule has 0 aliphatic carbocycles. The van der Waals surface area contributed by atoms with Crippen LogP contribution in [0.1, 0.15) is 29.5 Å². The molecule has 1 N–H and O–H groups in total. The first-order valence-electron chi connectivity index (χ1n) is 9.68. The van der Waals surface area contributed by atoms with Gasteiger partial charge in [-0.2, -0.15) is 5.26 Å². The highest BCUT2D eigenvalue weighted by Gasteiger charge is 2.31. The van der Waals surface area contributed by atoms with Crippen LogP contribution in [0.25, 0.3) is 0 Å². The molecule has 2 aromatic carbocycles. The fourth-order valence-corrected chi connectivity index (χ4v) is 5.16. The quantitative estimate of drug-likeness (QED) is 0.790. The molecule has 0 radical (unpaired) electrons. The Morgan fingerprint density at radius 2 is 1.79 bits per heavy atom. The summed E-state index contributed by atoms with van der Waals surface area (Å²) in [5.74, 6) is -0.307. The van der Waals surface area contributed by atoms with E-state index in [2.05, 4.69) is 11.4 Å². The first-order chi connectivity index (χ1) is 13.9. The van der Waals surface area contributed by atoms with Gasteiger partial charge in [0.05, 0.1) is 18.2 Å². The third-order valence-electron chi connectivity index (χ3n) is 5.32. The van der Waals surface area contributed by atoms with Gasteiger partial charge in [0, 0.05) is 24.7 Å². The van der Waals surface area contributed by atoms with Crippen molar-refractivity contribution in [1.29, 1.82) is 5.26 Å². The van der Waals surface area contributed by atoms with Crippen molar-refractivity contribution in [2.75, 3.05) is 18.4 Å². The minimum absolute atomic E-state index is 0.00835. The molecule has 0 unspecified atom stereocenters. The molecule has 2 aromatic rings. The zero-order chi connectivity index (χ0) is 20.9. The molecular formula is C22H25N3O3S. The van der Waals surface area contributed by atoms with Gasteiger partial charge in [0.2, 0.25) is 15.9 Å². The third kappa shape index (κ3) is 5.43. The summed E-state index contributed by atoms with van der Waals surface area (Å²) in [6, 6.07) is 16.8. The maximum Gasteiger partial charge on any atom is 0.227 e. The van der Waals surface area contributed by atoms with Crippen molar-refractivity contribution in [3.05, 3.63) is 65.2 Å². The third-order valence-corrected chi connectivity index (χ3v) is 7.15. The van der Waals surface area contributed by atoms with Crippen molar-refractivity contribution in [1.82, 2.24) is 4.31 Å². The first kappa shape index (κ1) is 21.0. The lowest BCUT2D eigenvalue weighted by atomic mass is 9.97. The Morgan fingerprint density at radius 1 is 1.14 bits per heavy atom. The molecule has 0 saturated carbocycles. The fraction of sp³-hybridized carbons (Fsp3) is 0.364. The van der Waals surface area contributed by atoms with Gasteiger partial charge in [0.1, 0.15) is 0 Å².